The van der Waals surface area contributed by atoms with Gasteiger partial charge in [0.25, 0.3) is 11.6 Å². The molecule has 0 fully saturated rings. The number of nitro benzene ring substituents is 1. The summed E-state index contributed by atoms with van der Waals surface area (Å²) < 4.78 is 16.6. The van der Waals surface area contributed by atoms with E-state index in [1.807, 2.05) is 48.5 Å². The molecule has 3 aromatic carbocycles. The molecule has 1 aliphatic carbocycles. The van der Waals surface area contributed by atoms with E-state index in [1.54, 1.807) is 6.07 Å². The topological polar surface area (TPSA) is 130 Å². The Labute approximate surface area is 234 Å². The number of nitrogens with zero attached hydrogens (tertiary/aromatic N) is 2. The summed E-state index contributed by atoms with van der Waals surface area (Å²) in [7, 11) is 0. The minimum Gasteiger partial charge on any atom is -0.454 e. The Morgan fingerprint density at radius 2 is 1.83 bits per heavy atom. The van der Waals surface area contributed by atoms with Gasteiger partial charge in [-0.05, 0) is 73.2 Å². The van der Waals surface area contributed by atoms with E-state index in [2.05, 4.69) is 5.32 Å². The number of benzene rings is 3. The van der Waals surface area contributed by atoms with Crippen LogP contribution in [0.5, 0.6) is 11.5 Å². The number of nitro groups is 1. The normalized spacial score (nSPS) is 15.3. The maximum absolute atomic E-state index is 13.7. The van der Waals surface area contributed by atoms with E-state index in [4.69, 9.17) is 19.2 Å². The summed E-state index contributed by atoms with van der Waals surface area (Å²) in [4.78, 5) is 42.2. The number of aromatic nitrogens is 1. The number of amides is 1. The highest BCUT2D eigenvalue weighted by Gasteiger charge is 2.29. The van der Waals surface area contributed by atoms with Crippen molar-refractivity contribution in [2.75, 3.05) is 12.1 Å². The summed E-state index contributed by atoms with van der Waals surface area (Å²) in [5.74, 6) is 0.0438. The molecule has 0 saturated heterocycles. The van der Waals surface area contributed by atoms with E-state index in [0.29, 0.717) is 34.4 Å². The van der Waals surface area contributed by atoms with Gasteiger partial charge >= 0.3 is 5.97 Å². The van der Waals surface area contributed by atoms with E-state index in [0.717, 1.165) is 35.2 Å². The summed E-state index contributed by atoms with van der Waals surface area (Å²) in [6.07, 6.45) is 3.02. The predicted molar refractivity (Wildman–Crippen MR) is 152 cm³/mol. The molecule has 1 atom stereocenters. The molecular weight excluding hydrogens is 526 g/mol. The van der Waals surface area contributed by atoms with Crippen LogP contribution in [-0.2, 0) is 16.0 Å². The third-order valence-corrected chi connectivity index (χ3v) is 7.12. The second kappa shape index (κ2) is 10.7. The second-order valence-corrected chi connectivity index (χ2v) is 9.78. The van der Waals surface area contributed by atoms with Crippen LogP contribution in [0.25, 0.3) is 22.6 Å². The minimum absolute atomic E-state index is 0.0236. The second-order valence-electron chi connectivity index (χ2n) is 9.78. The van der Waals surface area contributed by atoms with Crippen molar-refractivity contribution in [3.63, 3.8) is 0 Å². The molecule has 0 unspecified atom stereocenters. The molecule has 2 heterocycles. The van der Waals surface area contributed by atoms with E-state index >= 15 is 0 Å². The van der Waals surface area contributed by atoms with Gasteiger partial charge in [0.05, 0.1) is 21.7 Å². The monoisotopic (exact) mass is 551 g/mol. The fourth-order valence-electron chi connectivity index (χ4n) is 5.16. The first-order valence-corrected chi connectivity index (χ1v) is 13.2. The first-order valence-electron chi connectivity index (χ1n) is 13.2. The Morgan fingerprint density at radius 1 is 1.05 bits per heavy atom. The third kappa shape index (κ3) is 5.07. The zero-order chi connectivity index (χ0) is 28.5. The number of esters is 1. The van der Waals surface area contributed by atoms with Crippen LogP contribution in [0.3, 0.4) is 0 Å². The number of para-hydroxylation sites is 3. The zero-order valence-corrected chi connectivity index (χ0v) is 22.1. The van der Waals surface area contributed by atoms with Gasteiger partial charge in [-0.2, -0.15) is 0 Å². The number of hydrogen-bond acceptors (Lipinski definition) is 8. The Hall–Kier alpha value is -5.25. The average molecular weight is 552 g/mol. The third-order valence-electron chi connectivity index (χ3n) is 7.12. The molecule has 4 aromatic rings. The van der Waals surface area contributed by atoms with Gasteiger partial charge in [-0.1, -0.05) is 36.4 Å². The first kappa shape index (κ1) is 26.0. The van der Waals surface area contributed by atoms with Crippen LogP contribution in [0.2, 0.25) is 0 Å². The van der Waals surface area contributed by atoms with E-state index in [1.165, 1.54) is 25.1 Å². The molecule has 10 heteroatoms. The molecule has 0 bridgehead atoms. The van der Waals surface area contributed by atoms with Crippen LogP contribution in [0.1, 0.15) is 46.9 Å². The Balaban J connectivity index is 1.33. The molecule has 6 rings (SSSR count). The Bertz CT molecular complexity index is 1750. The van der Waals surface area contributed by atoms with Crippen LogP contribution in [-0.4, -0.2) is 34.7 Å². The number of ether oxygens (including phenoxy) is 3. The van der Waals surface area contributed by atoms with Crippen LogP contribution in [0.15, 0.2) is 66.7 Å². The molecular formula is C31H25N3O7. The molecule has 41 heavy (non-hydrogen) atoms. The Kier molecular flexibility index (Phi) is 6.80. The molecule has 10 nitrogen and oxygen atoms in total. The lowest BCUT2D eigenvalue weighted by Gasteiger charge is -2.23. The SMILES string of the molecule is C[C@H](OC(=O)c1c2c(nc3ccccc13)/C(=C/c1ccc3c(c1)OCO3)CCC2)C(=O)Nc1ccccc1[N+](=O)[O-]. The number of pyridine rings is 1. The predicted octanol–water partition coefficient (Wildman–Crippen LogP) is 5.93. The number of hydrogen-bond donors (Lipinski definition) is 1. The molecule has 0 radical (unpaired) electrons. The standard InChI is InChI=1S/C31H25N3O7/c1-18(30(35)33-24-11-4-5-12-25(24)34(37)38)41-31(36)28-21-8-2-3-10-23(21)32-29-20(7-6-9-22(28)29)15-19-13-14-26-27(16-19)40-17-39-26/h2-5,8,10-16,18H,6-7,9,17H2,1H3,(H,33,35)/b20-15+/t18-/m0/s1. The quantitative estimate of drug-likeness (QED) is 0.177. The summed E-state index contributed by atoms with van der Waals surface area (Å²) in [5.41, 5.74) is 4.16. The maximum atomic E-state index is 13.7. The average Bonchev–Trinajstić information content (AvgIpc) is 3.44. The van der Waals surface area contributed by atoms with Crippen LogP contribution >= 0.6 is 0 Å². The lowest BCUT2D eigenvalue weighted by molar-refractivity contribution is -0.383. The van der Waals surface area contributed by atoms with Gasteiger partial charge in [0.2, 0.25) is 6.79 Å². The van der Waals surface area contributed by atoms with Gasteiger partial charge in [0.1, 0.15) is 5.69 Å². The lowest BCUT2D eigenvalue weighted by atomic mass is 9.86. The van der Waals surface area contributed by atoms with Gasteiger partial charge in [0, 0.05) is 11.5 Å². The molecule has 1 amide bonds. The molecule has 2 aliphatic rings. The van der Waals surface area contributed by atoms with Crippen molar-refractivity contribution in [3.8, 4) is 11.5 Å². The van der Waals surface area contributed by atoms with Gasteiger partial charge in [-0.3, -0.25) is 14.9 Å². The van der Waals surface area contributed by atoms with Crippen molar-refractivity contribution in [1.29, 1.82) is 0 Å². The van der Waals surface area contributed by atoms with Crippen molar-refractivity contribution in [2.24, 2.45) is 0 Å². The summed E-state index contributed by atoms with van der Waals surface area (Å²) in [6, 6.07) is 18.8. The van der Waals surface area contributed by atoms with Gasteiger partial charge < -0.3 is 19.5 Å². The number of carbonyl (C=O) groups excluding carboxylic acids is 2. The number of anilines is 1. The van der Waals surface area contributed by atoms with Crippen LogP contribution in [0.4, 0.5) is 11.4 Å². The van der Waals surface area contributed by atoms with Crippen LogP contribution in [0, 0.1) is 10.1 Å². The van der Waals surface area contributed by atoms with Crippen LogP contribution < -0.4 is 14.8 Å². The number of nitrogens with one attached hydrogen (secondary N) is 1. The number of carbonyl (C=O) groups is 2. The molecule has 0 spiro atoms. The molecule has 0 saturated carbocycles. The van der Waals surface area contributed by atoms with Gasteiger partial charge in [-0.25, -0.2) is 9.78 Å². The minimum atomic E-state index is -1.21. The van der Waals surface area contributed by atoms with Crippen molar-refractivity contribution in [3.05, 3.63) is 99.2 Å². The highest BCUT2D eigenvalue weighted by atomic mass is 16.7. The summed E-state index contributed by atoms with van der Waals surface area (Å²) >= 11 is 0. The number of fused-ring (bicyclic) bond motifs is 3. The molecule has 206 valence electrons. The van der Waals surface area contributed by atoms with Crippen molar-refractivity contribution < 1.29 is 28.7 Å². The Morgan fingerprint density at radius 3 is 2.68 bits per heavy atom. The molecule has 1 N–H and O–H groups in total. The van der Waals surface area contributed by atoms with Crippen molar-refractivity contribution in [1.82, 2.24) is 4.98 Å². The first-order chi connectivity index (χ1) is 19.9. The van der Waals surface area contributed by atoms with Crippen molar-refractivity contribution >= 4 is 45.8 Å². The van der Waals surface area contributed by atoms with E-state index < -0.39 is 22.9 Å². The van der Waals surface area contributed by atoms with Gasteiger partial charge in [-0.15, -0.1) is 0 Å². The summed E-state index contributed by atoms with van der Waals surface area (Å²) in [5, 5.41) is 14.5. The van der Waals surface area contributed by atoms with Gasteiger partial charge in [0.15, 0.2) is 17.6 Å². The lowest BCUT2D eigenvalue weighted by Crippen LogP contribution is -2.31. The smallest absolute Gasteiger partial charge is 0.339 e. The maximum Gasteiger partial charge on any atom is 0.339 e. The fraction of sp³-hybridized carbons (Fsp3) is 0.194. The summed E-state index contributed by atoms with van der Waals surface area (Å²) in [6.45, 7) is 1.62. The largest absolute Gasteiger partial charge is 0.454 e. The zero-order valence-electron chi connectivity index (χ0n) is 22.1. The highest BCUT2D eigenvalue weighted by Crippen LogP contribution is 2.38. The van der Waals surface area contributed by atoms with Crippen molar-refractivity contribution in [2.45, 2.75) is 32.3 Å². The van der Waals surface area contributed by atoms with E-state index in [-0.39, 0.29) is 18.2 Å². The molecule has 1 aromatic heterocycles. The number of rotatable bonds is 6. The fourth-order valence-corrected chi connectivity index (χ4v) is 5.16. The van der Waals surface area contributed by atoms with E-state index in [9.17, 15) is 19.7 Å². The number of allylic oxidation sites excluding steroid dienone is 1. The molecule has 1 aliphatic heterocycles. The highest BCUT2D eigenvalue weighted by molar-refractivity contribution is 6.08.